The van der Waals surface area contributed by atoms with E-state index in [1.807, 2.05) is 0 Å². The number of carbonyl (C=O) groups is 2. The van der Waals surface area contributed by atoms with E-state index in [1.54, 1.807) is 0 Å². The summed E-state index contributed by atoms with van der Waals surface area (Å²) in [6.07, 6.45) is 0. The van der Waals surface area contributed by atoms with Crippen molar-refractivity contribution in [2.24, 2.45) is 0 Å². The normalized spacial score (nSPS) is 11.9. The van der Waals surface area contributed by atoms with Crippen LogP contribution in [0.2, 0.25) is 0 Å². The minimum absolute atomic E-state index is 0.0555. The largest absolute Gasteiger partial charge is 0.497 e. The summed E-state index contributed by atoms with van der Waals surface area (Å²) < 4.78 is 60.2. The van der Waals surface area contributed by atoms with Crippen LogP contribution in [0.15, 0.2) is 77.7 Å². The van der Waals surface area contributed by atoms with Gasteiger partial charge in [-0.3, -0.25) is 13.9 Å². The van der Waals surface area contributed by atoms with Crippen molar-refractivity contribution in [3.05, 3.63) is 90.0 Å². The van der Waals surface area contributed by atoms with Crippen LogP contribution in [0, 0.1) is 11.6 Å². The van der Waals surface area contributed by atoms with Gasteiger partial charge in [0.1, 0.15) is 30.0 Å². The first-order chi connectivity index (χ1) is 17.6. The van der Waals surface area contributed by atoms with Crippen LogP contribution in [0.5, 0.6) is 5.75 Å². The third kappa shape index (κ3) is 6.62. The van der Waals surface area contributed by atoms with Crippen molar-refractivity contribution in [1.29, 1.82) is 0 Å². The van der Waals surface area contributed by atoms with Gasteiger partial charge in [-0.2, -0.15) is 0 Å². The summed E-state index contributed by atoms with van der Waals surface area (Å²) in [6, 6.07) is 14.7. The van der Waals surface area contributed by atoms with Crippen LogP contribution in [-0.2, 0) is 26.2 Å². The quantitative estimate of drug-likeness (QED) is 0.433. The zero-order valence-corrected chi connectivity index (χ0v) is 21.3. The second-order valence-corrected chi connectivity index (χ2v) is 9.96. The van der Waals surface area contributed by atoms with E-state index in [4.69, 9.17) is 4.74 Å². The Balaban J connectivity index is 2.01. The highest BCUT2D eigenvalue weighted by molar-refractivity contribution is 7.92. The maximum atomic E-state index is 13.6. The number of sulfonamides is 1. The molecule has 1 unspecified atom stereocenters. The Morgan fingerprint density at radius 3 is 1.97 bits per heavy atom. The number of carbonyl (C=O) groups excluding carboxylic acids is 2. The number of benzene rings is 3. The first kappa shape index (κ1) is 27.6. The zero-order valence-electron chi connectivity index (χ0n) is 20.5. The summed E-state index contributed by atoms with van der Waals surface area (Å²) in [6.45, 7) is 0.747. The van der Waals surface area contributed by atoms with E-state index in [1.165, 1.54) is 86.6 Å². The molecule has 0 aliphatic rings. The molecule has 37 heavy (non-hydrogen) atoms. The number of methoxy groups -OCH3 is 1. The van der Waals surface area contributed by atoms with E-state index in [0.717, 1.165) is 16.4 Å². The Morgan fingerprint density at radius 1 is 0.919 bits per heavy atom. The van der Waals surface area contributed by atoms with Gasteiger partial charge in [-0.05, 0) is 73.2 Å². The lowest BCUT2D eigenvalue weighted by atomic mass is 10.1. The fourth-order valence-corrected chi connectivity index (χ4v) is 5.00. The molecule has 0 bridgehead atoms. The Kier molecular flexibility index (Phi) is 8.82. The number of rotatable bonds is 10. The molecule has 8 nitrogen and oxygen atoms in total. The topological polar surface area (TPSA) is 96.0 Å². The van der Waals surface area contributed by atoms with Crippen LogP contribution in [0.25, 0.3) is 0 Å². The van der Waals surface area contributed by atoms with Crippen LogP contribution in [0.4, 0.5) is 14.5 Å². The molecule has 0 spiro atoms. The van der Waals surface area contributed by atoms with Crippen molar-refractivity contribution >= 4 is 27.5 Å². The summed E-state index contributed by atoms with van der Waals surface area (Å²) in [5.74, 6) is -1.77. The summed E-state index contributed by atoms with van der Waals surface area (Å²) in [5.41, 5.74) is 0.594. The molecule has 0 aliphatic heterocycles. The smallest absolute Gasteiger partial charge is 0.264 e. The number of amides is 2. The molecule has 0 aliphatic carbocycles. The Bertz CT molecular complexity index is 1330. The molecule has 0 saturated heterocycles. The van der Waals surface area contributed by atoms with E-state index in [2.05, 4.69) is 5.32 Å². The molecule has 3 rings (SSSR count). The second kappa shape index (κ2) is 11.8. The second-order valence-electron chi connectivity index (χ2n) is 8.10. The molecule has 1 N–H and O–H groups in total. The van der Waals surface area contributed by atoms with Crippen molar-refractivity contribution in [2.75, 3.05) is 25.0 Å². The van der Waals surface area contributed by atoms with Gasteiger partial charge in [0.2, 0.25) is 11.8 Å². The molecule has 3 aromatic rings. The molecular formula is C26H27F2N3O5S. The molecular weight excluding hydrogens is 504 g/mol. The Morgan fingerprint density at radius 2 is 1.46 bits per heavy atom. The highest BCUT2D eigenvalue weighted by atomic mass is 32.2. The summed E-state index contributed by atoms with van der Waals surface area (Å²) in [7, 11) is -1.44. The zero-order chi connectivity index (χ0) is 27.2. The first-order valence-corrected chi connectivity index (χ1v) is 12.7. The average Bonchev–Trinajstić information content (AvgIpc) is 2.91. The van der Waals surface area contributed by atoms with Gasteiger partial charge in [0.15, 0.2) is 0 Å². The van der Waals surface area contributed by atoms with Gasteiger partial charge in [-0.25, -0.2) is 17.2 Å². The molecule has 0 aromatic heterocycles. The molecule has 11 heteroatoms. The monoisotopic (exact) mass is 531 g/mol. The molecule has 2 amide bonds. The van der Waals surface area contributed by atoms with E-state index in [0.29, 0.717) is 11.3 Å². The minimum Gasteiger partial charge on any atom is -0.497 e. The van der Waals surface area contributed by atoms with Crippen LogP contribution in [0.3, 0.4) is 0 Å². The number of hydrogen-bond donors (Lipinski definition) is 1. The van der Waals surface area contributed by atoms with Gasteiger partial charge in [0, 0.05) is 13.6 Å². The number of ether oxygens (including phenoxy) is 1. The van der Waals surface area contributed by atoms with Crippen LogP contribution >= 0.6 is 0 Å². The lowest BCUT2D eigenvalue weighted by Crippen LogP contribution is -2.50. The van der Waals surface area contributed by atoms with E-state index < -0.39 is 46.1 Å². The fraction of sp³-hybridized carbons (Fsp3) is 0.231. The number of nitrogens with one attached hydrogen (secondary N) is 1. The van der Waals surface area contributed by atoms with Crippen molar-refractivity contribution in [1.82, 2.24) is 10.2 Å². The summed E-state index contributed by atoms with van der Waals surface area (Å²) in [5, 5.41) is 2.47. The Labute approximate surface area is 214 Å². The molecule has 1 atom stereocenters. The van der Waals surface area contributed by atoms with Crippen molar-refractivity contribution < 1.29 is 31.5 Å². The van der Waals surface area contributed by atoms with Crippen molar-refractivity contribution in [3.8, 4) is 5.75 Å². The lowest BCUT2D eigenvalue weighted by Gasteiger charge is -2.31. The fourth-order valence-electron chi connectivity index (χ4n) is 3.59. The summed E-state index contributed by atoms with van der Waals surface area (Å²) in [4.78, 5) is 27.1. The third-order valence-electron chi connectivity index (χ3n) is 5.72. The first-order valence-electron chi connectivity index (χ1n) is 11.2. The van der Waals surface area contributed by atoms with Gasteiger partial charge in [0.25, 0.3) is 10.0 Å². The van der Waals surface area contributed by atoms with Crippen LogP contribution < -0.4 is 14.4 Å². The molecule has 0 heterocycles. The predicted molar refractivity (Wildman–Crippen MR) is 134 cm³/mol. The molecule has 0 saturated carbocycles. The van der Waals surface area contributed by atoms with Gasteiger partial charge in [-0.1, -0.05) is 12.1 Å². The van der Waals surface area contributed by atoms with Gasteiger partial charge in [-0.15, -0.1) is 0 Å². The molecule has 196 valence electrons. The number of anilines is 1. The average molecular weight is 532 g/mol. The van der Waals surface area contributed by atoms with Gasteiger partial charge in [0.05, 0.1) is 17.7 Å². The SMILES string of the molecule is CNC(=O)C(C)N(Cc1ccc(F)cc1)C(=O)CN(c1ccc(F)cc1)S(=O)(=O)c1ccc(OC)cc1. The lowest BCUT2D eigenvalue weighted by molar-refractivity contribution is -0.139. The summed E-state index contributed by atoms with van der Waals surface area (Å²) >= 11 is 0. The van der Waals surface area contributed by atoms with Crippen molar-refractivity contribution in [2.45, 2.75) is 24.4 Å². The third-order valence-corrected chi connectivity index (χ3v) is 7.51. The Hall–Kier alpha value is -3.99. The number of hydrogen-bond acceptors (Lipinski definition) is 5. The number of nitrogens with zero attached hydrogens (tertiary/aromatic N) is 2. The van der Waals surface area contributed by atoms with E-state index in [9.17, 15) is 26.8 Å². The number of likely N-dealkylation sites (N-methyl/N-ethyl adjacent to an activating group) is 1. The van der Waals surface area contributed by atoms with E-state index >= 15 is 0 Å². The van der Waals surface area contributed by atoms with Crippen molar-refractivity contribution in [3.63, 3.8) is 0 Å². The maximum absolute atomic E-state index is 13.6. The van der Waals surface area contributed by atoms with Gasteiger partial charge < -0.3 is 15.0 Å². The van der Waals surface area contributed by atoms with Gasteiger partial charge >= 0.3 is 0 Å². The standard InChI is InChI=1S/C26H27F2N3O5S/c1-18(26(33)29-2)30(16-19-4-6-20(27)7-5-19)25(32)17-31(22-10-8-21(28)9-11-22)37(34,35)24-14-12-23(36-3)13-15-24/h4-15,18H,16-17H2,1-3H3,(H,29,33). The van der Waals surface area contributed by atoms with Crippen LogP contribution in [0.1, 0.15) is 12.5 Å². The molecule has 0 radical (unpaired) electrons. The molecule has 0 fully saturated rings. The highest BCUT2D eigenvalue weighted by Gasteiger charge is 2.32. The van der Waals surface area contributed by atoms with E-state index in [-0.39, 0.29) is 17.1 Å². The highest BCUT2D eigenvalue weighted by Crippen LogP contribution is 2.26. The maximum Gasteiger partial charge on any atom is 0.264 e. The predicted octanol–water partition coefficient (Wildman–Crippen LogP) is 3.33. The minimum atomic E-state index is -4.29. The molecule has 3 aromatic carbocycles. The van der Waals surface area contributed by atoms with Crippen LogP contribution in [-0.4, -0.2) is 51.9 Å². The number of halogens is 2.